The van der Waals surface area contributed by atoms with Crippen LogP contribution in [0.4, 0.5) is 0 Å². The molecule has 0 bridgehead atoms. The van der Waals surface area contributed by atoms with Crippen LogP contribution in [0.5, 0.6) is 0 Å². The molecule has 0 amide bonds. The summed E-state index contributed by atoms with van der Waals surface area (Å²) in [7, 11) is 0. The molecule has 0 spiro atoms. The van der Waals surface area contributed by atoms with Crippen LogP contribution < -0.4 is 0 Å². The molecule has 0 aliphatic rings. The monoisotopic (exact) mass is 539 g/mol. The molecular weight excluding hydrogens is 514 g/mol. The van der Waals surface area contributed by atoms with Gasteiger partial charge in [-0.3, -0.25) is 9.78 Å². The number of rotatable bonds is 2. The van der Waals surface area contributed by atoms with Gasteiger partial charge in [-0.25, -0.2) is 0 Å². The number of aliphatic hydroxyl groups excluding tert-OH is 1. The Balaban J connectivity index is 0.000000395. The minimum atomic E-state index is -0.125. The molecule has 3 nitrogen and oxygen atoms in total. The van der Waals surface area contributed by atoms with Gasteiger partial charge >= 0.3 is 0 Å². The average Bonchev–Trinajstić information content (AvgIpc) is 2.54. The van der Waals surface area contributed by atoms with Crippen LogP contribution in [0.1, 0.15) is 30.5 Å². The number of hydrogen-bond donors (Lipinski definition) is 1. The summed E-state index contributed by atoms with van der Waals surface area (Å²) in [6.07, 6.45) is 1.17. The predicted molar refractivity (Wildman–Crippen MR) is 107 cm³/mol. The molecule has 0 fully saturated rings. The van der Waals surface area contributed by atoms with E-state index in [-0.39, 0.29) is 31.6 Å². The van der Waals surface area contributed by atoms with Crippen molar-refractivity contribution in [3.8, 4) is 11.3 Å². The average molecular weight is 539 g/mol. The maximum atomic E-state index is 10.0. The van der Waals surface area contributed by atoms with Crippen LogP contribution in [0.15, 0.2) is 54.3 Å². The van der Waals surface area contributed by atoms with Crippen LogP contribution >= 0.6 is 0 Å². The Labute approximate surface area is 174 Å². The van der Waals surface area contributed by atoms with Crippen molar-refractivity contribution in [2.45, 2.75) is 34.6 Å². The second-order valence-electron chi connectivity index (χ2n) is 6.52. The van der Waals surface area contributed by atoms with Gasteiger partial charge in [-0.2, -0.15) is 0 Å². The van der Waals surface area contributed by atoms with Gasteiger partial charge in [-0.1, -0.05) is 25.1 Å². The summed E-state index contributed by atoms with van der Waals surface area (Å²) in [4.78, 5) is 14.8. The molecule has 0 aliphatic heterocycles. The van der Waals surface area contributed by atoms with Crippen molar-refractivity contribution in [2.75, 3.05) is 0 Å². The van der Waals surface area contributed by atoms with Gasteiger partial charge in [0, 0.05) is 31.6 Å². The van der Waals surface area contributed by atoms with Gasteiger partial charge in [-0.05, 0) is 50.6 Å². The van der Waals surface area contributed by atoms with E-state index >= 15 is 0 Å². The normalized spacial score (nSPS) is 10.6. The van der Waals surface area contributed by atoms with Crippen molar-refractivity contribution in [1.29, 1.82) is 0 Å². The largest absolute Gasteiger partial charge is 0.512 e. The molecule has 1 heterocycles. The Morgan fingerprint density at radius 2 is 1.70 bits per heavy atom. The molecule has 3 aromatic rings. The van der Waals surface area contributed by atoms with Gasteiger partial charge in [0.25, 0.3) is 0 Å². The molecule has 1 radical (unpaired) electrons. The van der Waals surface area contributed by atoms with Crippen LogP contribution in [-0.4, -0.2) is 15.9 Å². The Morgan fingerprint density at radius 1 is 1.04 bits per heavy atom. The van der Waals surface area contributed by atoms with E-state index in [1.54, 1.807) is 0 Å². The van der Waals surface area contributed by atoms with E-state index in [1.165, 1.54) is 42.0 Å². The van der Waals surface area contributed by atoms with E-state index in [1.807, 2.05) is 6.07 Å². The first-order chi connectivity index (χ1) is 12.3. The smallest absolute Gasteiger partial charge is 0.155 e. The zero-order valence-electron chi connectivity index (χ0n) is 16.3. The number of pyridine rings is 1. The van der Waals surface area contributed by atoms with Crippen molar-refractivity contribution in [3.05, 3.63) is 77.1 Å². The van der Waals surface area contributed by atoms with Gasteiger partial charge in [0.2, 0.25) is 0 Å². The van der Waals surface area contributed by atoms with Gasteiger partial charge in [-0.15, -0.1) is 35.4 Å². The number of hydrogen-bond acceptors (Lipinski definition) is 3. The molecule has 0 unspecified atom stereocenters. The topological polar surface area (TPSA) is 50.2 Å². The molecule has 2 aromatic carbocycles. The fourth-order valence-electron chi connectivity index (χ4n) is 2.61. The number of nitrogens with zero attached hydrogens (tertiary/aromatic N) is 1. The third kappa shape index (κ3) is 6.74. The fourth-order valence-corrected chi connectivity index (χ4v) is 2.61. The summed E-state index contributed by atoms with van der Waals surface area (Å²) in [6.45, 7) is 9.15. The number of aryl methyl sites for hydroxylation is 3. The second-order valence-corrected chi connectivity index (χ2v) is 6.52. The van der Waals surface area contributed by atoms with Crippen LogP contribution in [-0.2, 0) is 24.9 Å². The number of benzene rings is 2. The van der Waals surface area contributed by atoms with Crippen LogP contribution in [0.25, 0.3) is 22.2 Å². The molecule has 0 atom stereocenters. The standard InChI is InChI=1S/C18H16N.C5H8O2.Ir/c1-12-4-7-15(8-5-12)17-11-14(3)16-9-6-13(2)10-18(16)19-17;1-4(6)3-5(2)7;/h4-7,9-11H,1-3H3;3,6H,1-2H3;/q-1;;/b;4-3-;. The van der Waals surface area contributed by atoms with Crippen molar-refractivity contribution in [1.82, 2.24) is 4.98 Å². The number of ketones is 1. The Kier molecular flexibility index (Phi) is 8.55. The maximum Gasteiger partial charge on any atom is 0.155 e. The number of carbonyl (C=O) groups is 1. The molecule has 3 rings (SSSR count). The van der Waals surface area contributed by atoms with Gasteiger partial charge < -0.3 is 5.11 Å². The first-order valence-electron chi connectivity index (χ1n) is 8.51. The zero-order valence-corrected chi connectivity index (χ0v) is 18.6. The Bertz CT molecular complexity index is 956. The second kappa shape index (κ2) is 10.1. The SMILES string of the molecule is CC(=O)/C=C(/C)O.Cc1c[c-]c(-c2cc(C)c3ccc(C)cc3n2)cc1.[Ir]. The molecule has 1 N–H and O–H groups in total. The van der Waals surface area contributed by atoms with Crippen molar-refractivity contribution in [2.24, 2.45) is 0 Å². The molecule has 1 aromatic heterocycles. The van der Waals surface area contributed by atoms with E-state index in [4.69, 9.17) is 10.1 Å². The summed E-state index contributed by atoms with van der Waals surface area (Å²) in [5.41, 5.74) is 6.83. The number of fused-ring (bicyclic) bond motifs is 1. The predicted octanol–water partition coefficient (Wildman–Crippen LogP) is 5.66. The minimum absolute atomic E-state index is 0. The molecule has 27 heavy (non-hydrogen) atoms. The molecule has 143 valence electrons. The van der Waals surface area contributed by atoms with Crippen molar-refractivity contribution >= 4 is 16.7 Å². The molecular formula is C23H24IrNO2-. The molecule has 0 aliphatic carbocycles. The summed E-state index contributed by atoms with van der Waals surface area (Å²) in [6, 6.07) is 18.0. The number of aliphatic hydroxyl groups is 1. The van der Waals surface area contributed by atoms with Crippen molar-refractivity contribution in [3.63, 3.8) is 0 Å². The zero-order chi connectivity index (χ0) is 19.3. The van der Waals surface area contributed by atoms with E-state index in [2.05, 4.69) is 63.2 Å². The van der Waals surface area contributed by atoms with E-state index < -0.39 is 0 Å². The molecule has 4 heteroatoms. The van der Waals surface area contributed by atoms with Gasteiger partial charge in [0.15, 0.2) is 5.78 Å². The van der Waals surface area contributed by atoms with Crippen LogP contribution in [0.2, 0.25) is 0 Å². The van der Waals surface area contributed by atoms with E-state index in [9.17, 15) is 4.79 Å². The third-order valence-electron chi connectivity index (χ3n) is 3.83. The first kappa shape index (κ1) is 22.7. The fraction of sp³-hybridized carbons (Fsp3) is 0.217. The number of allylic oxidation sites excluding steroid dienone is 2. The van der Waals surface area contributed by atoms with Gasteiger partial charge in [0.05, 0.1) is 11.3 Å². The molecule has 0 saturated carbocycles. The molecule has 0 saturated heterocycles. The number of carbonyl (C=O) groups excluding carboxylic acids is 1. The summed E-state index contributed by atoms with van der Waals surface area (Å²) < 4.78 is 0. The maximum absolute atomic E-state index is 10.0. The minimum Gasteiger partial charge on any atom is -0.512 e. The third-order valence-corrected chi connectivity index (χ3v) is 3.83. The number of aromatic nitrogens is 1. The first-order valence-corrected chi connectivity index (χ1v) is 8.51. The Hall–Kier alpha value is -2.29. The summed E-state index contributed by atoms with van der Waals surface area (Å²) >= 11 is 0. The summed E-state index contributed by atoms with van der Waals surface area (Å²) in [5.74, 6) is -0.0625. The van der Waals surface area contributed by atoms with E-state index in [0.717, 1.165) is 16.8 Å². The van der Waals surface area contributed by atoms with E-state index in [0.29, 0.717) is 0 Å². The van der Waals surface area contributed by atoms with Crippen molar-refractivity contribution < 1.29 is 30.0 Å². The van der Waals surface area contributed by atoms with Crippen LogP contribution in [0, 0.1) is 26.8 Å². The quantitative estimate of drug-likeness (QED) is 0.260. The summed E-state index contributed by atoms with van der Waals surface area (Å²) in [5, 5.41) is 9.59. The van der Waals surface area contributed by atoms with Crippen LogP contribution in [0.3, 0.4) is 0 Å². The van der Waals surface area contributed by atoms with Gasteiger partial charge in [0.1, 0.15) is 0 Å². The Morgan fingerprint density at radius 3 is 2.22 bits per heavy atom.